The van der Waals surface area contributed by atoms with Crippen LogP contribution in [0.3, 0.4) is 0 Å². The molecule has 0 nitrogen and oxygen atoms in total. The predicted molar refractivity (Wildman–Crippen MR) is 76.5 cm³/mol. The Labute approximate surface area is 121 Å². The van der Waals surface area contributed by atoms with E-state index < -0.39 is 6.08 Å². The van der Waals surface area contributed by atoms with Crippen LogP contribution in [0.5, 0.6) is 0 Å². The van der Waals surface area contributed by atoms with Crippen molar-refractivity contribution in [2.75, 3.05) is 0 Å². The smallest absolute Gasteiger partial charge is 0.173 e. The third-order valence-corrected chi connectivity index (χ3v) is 3.40. The van der Waals surface area contributed by atoms with Crippen molar-refractivity contribution in [3.05, 3.63) is 74.7 Å². The van der Waals surface area contributed by atoms with Gasteiger partial charge in [0.25, 0.3) is 6.08 Å². The Morgan fingerprint density at radius 3 is 1.56 bits per heavy atom. The van der Waals surface area contributed by atoms with Gasteiger partial charge in [0, 0.05) is 8.95 Å². The van der Waals surface area contributed by atoms with E-state index >= 15 is 0 Å². The molecular formula is C14H8Br2F2. The molecule has 0 radical (unpaired) electrons. The van der Waals surface area contributed by atoms with Crippen LogP contribution < -0.4 is 0 Å². The number of hydrogen-bond acceptors (Lipinski definition) is 0. The Kier molecular flexibility index (Phi) is 4.30. The van der Waals surface area contributed by atoms with E-state index in [9.17, 15) is 8.78 Å². The second-order valence-corrected chi connectivity index (χ2v) is 5.49. The van der Waals surface area contributed by atoms with Crippen molar-refractivity contribution in [1.29, 1.82) is 0 Å². The van der Waals surface area contributed by atoms with Crippen LogP contribution in [0.15, 0.2) is 63.6 Å². The van der Waals surface area contributed by atoms with Crippen LogP contribution in [0.25, 0.3) is 5.57 Å². The minimum absolute atomic E-state index is 0.0439. The third-order valence-electron chi connectivity index (χ3n) is 2.42. The summed E-state index contributed by atoms with van der Waals surface area (Å²) in [5.41, 5.74) is 0.933. The number of halogens is 4. The van der Waals surface area contributed by atoms with E-state index in [-0.39, 0.29) is 5.57 Å². The molecule has 0 aromatic heterocycles. The lowest BCUT2D eigenvalue weighted by Gasteiger charge is -2.08. The molecule has 0 aliphatic carbocycles. The van der Waals surface area contributed by atoms with Crippen molar-refractivity contribution >= 4 is 37.4 Å². The summed E-state index contributed by atoms with van der Waals surface area (Å²) >= 11 is 6.58. The first-order valence-corrected chi connectivity index (χ1v) is 6.73. The van der Waals surface area contributed by atoms with Crippen LogP contribution in [-0.2, 0) is 0 Å². The van der Waals surface area contributed by atoms with E-state index in [4.69, 9.17) is 0 Å². The maximum absolute atomic E-state index is 13.2. The second-order valence-electron chi connectivity index (χ2n) is 3.66. The fraction of sp³-hybridized carbons (Fsp3) is 0. The molecule has 2 rings (SSSR count). The summed E-state index contributed by atoms with van der Waals surface area (Å²) in [5, 5.41) is 0. The molecule has 0 spiro atoms. The molecule has 0 N–H and O–H groups in total. The fourth-order valence-electron chi connectivity index (χ4n) is 1.67. The Balaban J connectivity index is 2.59. The van der Waals surface area contributed by atoms with E-state index in [1.54, 1.807) is 48.5 Å². The van der Waals surface area contributed by atoms with Crippen molar-refractivity contribution in [2.45, 2.75) is 0 Å². The number of rotatable bonds is 2. The van der Waals surface area contributed by atoms with Crippen molar-refractivity contribution in [3.8, 4) is 0 Å². The van der Waals surface area contributed by atoms with Crippen LogP contribution in [0.4, 0.5) is 8.78 Å². The summed E-state index contributed by atoms with van der Waals surface area (Å²) in [4.78, 5) is 0. The van der Waals surface area contributed by atoms with E-state index in [0.29, 0.717) is 11.1 Å². The average Bonchev–Trinajstić information content (AvgIpc) is 2.28. The quantitative estimate of drug-likeness (QED) is 0.617. The van der Waals surface area contributed by atoms with Gasteiger partial charge in [-0.05, 0) is 35.4 Å². The van der Waals surface area contributed by atoms with Gasteiger partial charge in [0.05, 0.1) is 5.57 Å². The summed E-state index contributed by atoms with van der Waals surface area (Å²) in [6, 6.07) is 13.8. The minimum atomic E-state index is -1.69. The molecule has 0 aliphatic heterocycles. The largest absolute Gasteiger partial charge is 0.278 e. The van der Waals surface area contributed by atoms with Crippen LogP contribution in [0.2, 0.25) is 0 Å². The van der Waals surface area contributed by atoms with Crippen molar-refractivity contribution in [2.24, 2.45) is 0 Å². The van der Waals surface area contributed by atoms with Gasteiger partial charge in [-0.2, -0.15) is 8.78 Å². The first kappa shape index (κ1) is 13.4. The molecule has 2 aromatic rings. The zero-order valence-electron chi connectivity index (χ0n) is 9.13. The molecule has 0 aliphatic rings. The van der Waals surface area contributed by atoms with E-state index in [1.165, 1.54) is 0 Å². The Morgan fingerprint density at radius 1 is 0.778 bits per heavy atom. The second kappa shape index (κ2) is 5.76. The molecule has 18 heavy (non-hydrogen) atoms. The lowest BCUT2D eigenvalue weighted by atomic mass is 9.99. The van der Waals surface area contributed by atoms with Gasteiger partial charge in [-0.1, -0.05) is 56.1 Å². The van der Waals surface area contributed by atoms with E-state index in [2.05, 4.69) is 31.9 Å². The van der Waals surface area contributed by atoms with Crippen LogP contribution in [0, 0.1) is 0 Å². The molecule has 0 saturated heterocycles. The highest BCUT2D eigenvalue weighted by molar-refractivity contribution is 9.10. The zero-order valence-corrected chi connectivity index (χ0v) is 12.3. The van der Waals surface area contributed by atoms with Gasteiger partial charge in [-0.15, -0.1) is 0 Å². The summed E-state index contributed by atoms with van der Waals surface area (Å²) in [6.45, 7) is 0. The first-order chi connectivity index (χ1) is 8.58. The minimum Gasteiger partial charge on any atom is -0.173 e. The fourth-order valence-corrected chi connectivity index (χ4v) is 2.47. The monoisotopic (exact) mass is 372 g/mol. The SMILES string of the molecule is FC(F)=C(c1cccc(Br)c1)c1cccc(Br)c1. The molecule has 0 atom stereocenters. The van der Waals surface area contributed by atoms with E-state index in [1.807, 2.05) is 0 Å². The standard InChI is InChI=1S/C14H8Br2F2/c15-11-5-1-3-9(7-11)13(14(17)18)10-4-2-6-12(16)8-10/h1-8H. The van der Waals surface area contributed by atoms with Gasteiger partial charge in [0.15, 0.2) is 0 Å². The lowest BCUT2D eigenvalue weighted by molar-refractivity contribution is 0.426. The number of hydrogen-bond donors (Lipinski definition) is 0. The predicted octanol–water partition coefficient (Wildman–Crippen LogP) is 5.87. The van der Waals surface area contributed by atoms with Crippen LogP contribution >= 0.6 is 31.9 Å². The summed E-state index contributed by atoms with van der Waals surface area (Å²) < 4.78 is 27.9. The van der Waals surface area contributed by atoms with Crippen molar-refractivity contribution in [1.82, 2.24) is 0 Å². The molecule has 0 fully saturated rings. The molecule has 0 saturated carbocycles. The topological polar surface area (TPSA) is 0 Å². The Morgan fingerprint density at radius 2 is 1.22 bits per heavy atom. The first-order valence-electron chi connectivity index (χ1n) is 5.15. The molecule has 2 aromatic carbocycles. The van der Waals surface area contributed by atoms with Crippen LogP contribution in [-0.4, -0.2) is 0 Å². The third kappa shape index (κ3) is 3.06. The Bertz CT molecular complexity index is 555. The summed E-state index contributed by atoms with van der Waals surface area (Å²) in [7, 11) is 0. The highest BCUT2D eigenvalue weighted by Gasteiger charge is 2.12. The van der Waals surface area contributed by atoms with E-state index in [0.717, 1.165) is 8.95 Å². The van der Waals surface area contributed by atoms with Gasteiger partial charge in [-0.3, -0.25) is 0 Å². The van der Waals surface area contributed by atoms with Gasteiger partial charge >= 0.3 is 0 Å². The van der Waals surface area contributed by atoms with Gasteiger partial charge in [-0.25, -0.2) is 0 Å². The normalized spacial score (nSPS) is 10.2. The van der Waals surface area contributed by atoms with Gasteiger partial charge in [0.2, 0.25) is 0 Å². The molecule has 0 amide bonds. The maximum atomic E-state index is 13.2. The van der Waals surface area contributed by atoms with Crippen LogP contribution in [0.1, 0.15) is 11.1 Å². The highest BCUT2D eigenvalue weighted by atomic mass is 79.9. The number of benzene rings is 2. The molecule has 92 valence electrons. The Hall–Kier alpha value is -1.00. The molecule has 0 unspecified atom stereocenters. The molecule has 0 bridgehead atoms. The lowest BCUT2D eigenvalue weighted by Crippen LogP contribution is -1.89. The van der Waals surface area contributed by atoms with Crippen molar-refractivity contribution < 1.29 is 8.78 Å². The molecule has 0 heterocycles. The van der Waals surface area contributed by atoms with Crippen molar-refractivity contribution in [3.63, 3.8) is 0 Å². The maximum Gasteiger partial charge on any atom is 0.278 e. The van der Waals surface area contributed by atoms with Gasteiger partial charge < -0.3 is 0 Å². The molecule has 4 heteroatoms. The molecular weight excluding hydrogens is 366 g/mol. The summed E-state index contributed by atoms with van der Waals surface area (Å²) in [5.74, 6) is 0. The average molecular weight is 374 g/mol. The van der Waals surface area contributed by atoms with Gasteiger partial charge in [0.1, 0.15) is 0 Å². The zero-order chi connectivity index (χ0) is 13.1. The highest BCUT2D eigenvalue weighted by Crippen LogP contribution is 2.31. The summed E-state index contributed by atoms with van der Waals surface area (Å²) in [6.07, 6.45) is -1.69.